The van der Waals surface area contributed by atoms with E-state index in [-0.39, 0.29) is 11.9 Å². The van der Waals surface area contributed by atoms with Crippen LogP contribution in [0.3, 0.4) is 0 Å². The van der Waals surface area contributed by atoms with Crippen LogP contribution >= 0.6 is 0 Å². The molecule has 0 bridgehead atoms. The Morgan fingerprint density at radius 2 is 1.21 bits per heavy atom. The molecule has 1 spiro atoms. The van der Waals surface area contributed by atoms with Gasteiger partial charge < -0.3 is 9.47 Å². The van der Waals surface area contributed by atoms with E-state index in [1.54, 1.807) is 6.08 Å². The van der Waals surface area contributed by atoms with Crippen LogP contribution in [-0.4, -0.2) is 29.3 Å². The third-order valence-corrected chi connectivity index (χ3v) is 6.74. The number of ether oxygens (including phenoxy) is 2. The Morgan fingerprint density at radius 1 is 0.667 bits per heavy atom. The molecule has 0 amide bonds. The third-order valence-electron chi connectivity index (χ3n) is 6.74. The Morgan fingerprint density at radius 3 is 1.82 bits per heavy atom. The van der Waals surface area contributed by atoms with Crippen LogP contribution in [-0.2, 0) is 19.1 Å². The molecule has 7 rings (SSSR count). The van der Waals surface area contributed by atoms with Gasteiger partial charge in [0.25, 0.3) is 0 Å². The van der Waals surface area contributed by atoms with Gasteiger partial charge in [-0.15, -0.1) is 0 Å². The van der Waals surface area contributed by atoms with Crippen LogP contribution in [0.5, 0.6) is 0 Å². The smallest absolute Gasteiger partial charge is 0.363 e. The van der Waals surface area contributed by atoms with Crippen LogP contribution in [0.25, 0.3) is 6.08 Å². The number of carbonyl (C=O) groups excluding carboxylic acids is 2. The SMILES string of the molecule is O=C1OC(c2ccccc2)=N/C1=C\c1ccccc1.O=C1OC(c2ccccc2)=NC12CC2c1ccccc1. The van der Waals surface area contributed by atoms with E-state index in [4.69, 9.17) is 9.47 Å². The average Bonchev–Trinajstić information content (AvgIpc) is 3.48. The maximum absolute atomic E-state index is 12.2. The quantitative estimate of drug-likeness (QED) is 0.250. The number of cyclic esters (lactones) is 2. The largest absolute Gasteiger partial charge is 0.405 e. The Balaban J connectivity index is 0.000000142. The van der Waals surface area contributed by atoms with Gasteiger partial charge in [-0.25, -0.2) is 19.6 Å². The van der Waals surface area contributed by atoms with Gasteiger partial charge >= 0.3 is 11.9 Å². The Labute approximate surface area is 226 Å². The van der Waals surface area contributed by atoms with E-state index < -0.39 is 11.5 Å². The van der Waals surface area contributed by atoms with Gasteiger partial charge in [-0.3, -0.25) is 0 Å². The lowest BCUT2D eigenvalue weighted by Gasteiger charge is -2.01. The maximum Gasteiger partial charge on any atom is 0.363 e. The van der Waals surface area contributed by atoms with Crippen LogP contribution in [0.2, 0.25) is 0 Å². The van der Waals surface area contributed by atoms with E-state index in [9.17, 15) is 9.59 Å². The number of hydrogen-bond acceptors (Lipinski definition) is 6. The highest BCUT2D eigenvalue weighted by molar-refractivity contribution is 6.13. The number of nitrogens with zero attached hydrogens (tertiary/aromatic N) is 2. The van der Waals surface area contributed by atoms with Gasteiger partial charge in [-0.05, 0) is 47.9 Å². The minimum atomic E-state index is -0.674. The van der Waals surface area contributed by atoms with Crippen molar-refractivity contribution < 1.29 is 19.1 Å². The van der Waals surface area contributed by atoms with Crippen molar-refractivity contribution in [2.45, 2.75) is 17.9 Å². The molecule has 0 aromatic heterocycles. The Bertz CT molecular complexity index is 1600. The normalized spacial score (nSPS) is 21.9. The zero-order valence-corrected chi connectivity index (χ0v) is 20.9. The van der Waals surface area contributed by atoms with E-state index in [2.05, 4.69) is 9.98 Å². The fourth-order valence-corrected chi connectivity index (χ4v) is 4.63. The maximum atomic E-state index is 12.2. The van der Waals surface area contributed by atoms with Crippen LogP contribution in [0, 0.1) is 0 Å². The van der Waals surface area contributed by atoms with Crippen molar-refractivity contribution in [1.82, 2.24) is 0 Å². The molecule has 0 saturated heterocycles. The summed E-state index contributed by atoms with van der Waals surface area (Å²) in [4.78, 5) is 32.8. The number of esters is 2. The van der Waals surface area contributed by atoms with Crippen LogP contribution in [0.4, 0.5) is 0 Å². The molecule has 3 aliphatic rings. The monoisotopic (exact) mass is 512 g/mol. The standard InChI is InChI=1S/C17H13NO2.C16H11NO2/c19-16-17(11-14(17)12-7-3-1-4-8-12)18-15(20-16)13-9-5-2-6-10-13;18-16-14(11-12-7-3-1-4-8-12)17-15(19-16)13-9-5-2-6-10-13/h1-10,14H,11H2;1-11H/b;14-11-. The van der Waals surface area contributed by atoms with Gasteiger partial charge in [0.15, 0.2) is 11.2 Å². The first-order valence-corrected chi connectivity index (χ1v) is 12.7. The number of hydrogen-bond donors (Lipinski definition) is 0. The molecule has 2 atom stereocenters. The summed E-state index contributed by atoms with van der Waals surface area (Å²) in [5.74, 6) is 0.326. The minimum absolute atomic E-state index is 0.150. The fraction of sp³-hybridized carbons (Fsp3) is 0.0909. The number of aliphatic imine (C=N–C) groups is 2. The molecule has 1 fully saturated rings. The van der Waals surface area contributed by atoms with Gasteiger partial charge in [-0.2, -0.15) is 0 Å². The van der Waals surface area contributed by atoms with Gasteiger partial charge in [-0.1, -0.05) is 97.1 Å². The third kappa shape index (κ3) is 5.05. The molecule has 2 aliphatic heterocycles. The number of rotatable bonds is 4. The Hall–Kier alpha value is -5.10. The minimum Gasteiger partial charge on any atom is -0.405 e. The molecule has 0 radical (unpaired) electrons. The molecular formula is C33H24N2O4. The second-order valence-corrected chi connectivity index (χ2v) is 9.38. The van der Waals surface area contributed by atoms with E-state index in [0.29, 0.717) is 17.5 Å². The summed E-state index contributed by atoms with van der Waals surface area (Å²) in [6.07, 6.45) is 2.46. The summed E-state index contributed by atoms with van der Waals surface area (Å²) in [6, 6.07) is 38.6. The van der Waals surface area contributed by atoms with Gasteiger partial charge in [0.1, 0.15) is 0 Å². The van der Waals surface area contributed by atoms with Gasteiger partial charge in [0, 0.05) is 17.0 Å². The van der Waals surface area contributed by atoms with E-state index >= 15 is 0 Å². The first-order valence-electron chi connectivity index (χ1n) is 12.7. The lowest BCUT2D eigenvalue weighted by Crippen LogP contribution is -2.18. The zero-order chi connectivity index (χ0) is 26.7. The zero-order valence-electron chi connectivity index (χ0n) is 20.9. The molecule has 6 heteroatoms. The van der Waals surface area contributed by atoms with Crippen LogP contribution in [0.15, 0.2) is 137 Å². The summed E-state index contributed by atoms with van der Waals surface area (Å²) in [5.41, 5.74) is 3.39. The molecular weight excluding hydrogens is 488 g/mol. The lowest BCUT2D eigenvalue weighted by molar-refractivity contribution is -0.136. The molecule has 4 aromatic carbocycles. The molecule has 2 unspecified atom stereocenters. The van der Waals surface area contributed by atoms with Crippen LogP contribution in [0.1, 0.15) is 34.6 Å². The van der Waals surface area contributed by atoms with Crippen LogP contribution < -0.4 is 0 Å². The second kappa shape index (κ2) is 10.3. The van der Waals surface area contributed by atoms with Crippen molar-refractivity contribution in [3.05, 3.63) is 149 Å². The number of carbonyl (C=O) groups is 2. The predicted octanol–water partition coefficient (Wildman–Crippen LogP) is 5.95. The van der Waals surface area contributed by atoms with Crippen molar-refractivity contribution in [1.29, 1.82) is 0 Å². The highest BCUT2D eigenvalue weighted by Gasteiger charge is 2.65. The molecule has 39 heavy (non-hydrogen) atoms. The topological polar surface area (TPSA) is 77.3 Å². The fourth-order valence-electron chi connectivity index (χ4n) is 4.63. The van der Waals surface area contributed by atoms with E-state index in [0.717, 1.165) is 28.7 Å². The molecule has 1 aliphatic carbocycles. The summed E-state index contributed by atoms with van der Waals surface area (Å²) in [7, 11) is 0. The van der Waals surface area contributed by atoms with Gasteiger partial charge in [0.2, 0.25) is 11.8 Å². The molecule has 4 aromatic rings. The first kappa shape index (κ1) is 24.2. The van der Waals surface area contributed by atoms with Crippen molar-refractivity contribution in [2.24, 2.45) is 9.98 Å². The second-order valence-electron chi connectivity index (χ2n) is 9.38. The van der Waals surface area contributed by atoms with Gasteiger partial charge in [0.05, 0.1) is 0 Å². The van der Waals surface area contributed by atoms with Crippen molar-refractivity contribution in [3.8, 4) is 0 Å². The lowest BCUT2D eigenvalue weighted by atomic mass is 10.1. The first-order chi connectivity index (χ1) is 19.1. The van der Waals surface area contributed by atoms with Crippen molar-refractivity contribution in [2.75, 3.05) is 0 Å². The summed E-state index contributed by atoms with van der Waals surface area (Å²) in [5, 5.41) is 0. The highest BCUT2D eigenvalue weighted by atomic mass is 16.6. The molecule has 2 heterocycles. The summed E-state index contributed by atoms with van der Waals surface area (Å²) >= 11 is 0. The summed E-state index contributed by atoms with van der Waals surface area (Å²) in [6.45, 7) is 0. The van der Waals surface area contributed by atoms with Crippen molar-refractivity contribution in [3.63, 3.8) is 0 Å². The molecule has 1 saturated carbocycles. The average molecular weight is 513 g/mol. The Kier molecular flexibility index (Phi) is 6.43. The molecule has 0 N–H and O–H groups in total. The van der Waals surface area contributed by atoms with E-state index in [1.165, 1.54) is 0 Å². The predicted molar refractivity (Wildman–Crippen MR) is 149 cm³/mol. The summed E-state index contributed by atoms with van der Waals surface area (Å²) < 4.78 is 10.6. The molecule has 190 valence electrons. The number of benzene rings is 4. The molecule has 6 nitrogen and oxygen atoms in total. The highest BCUT2D eigenvalue weighted by Crippen LogP contribution is 2.57. The van der Waals surface area contributed by atoms with Crippen molar-refractivity contribution >= 4 is 29.8 Å². The van der Waals surface area contributed by atoms with E-state index in [1.807, 2.05) is 121 Å².